The number of fused-ring (bicyclic) bond motifs is 1. The second kappa shape index (κ2) is 8.17. The van der Waals surface area contributed by atoms with Crippen LogP contribution in [0.25, 0.3) is 0 Å². The first-order valence-electron chi connectivity index (χ1n) is 12.7. The maximum atomic E-state index is 13.9. The van der Waals surface area contributed by atoms with Crippen molar-refractivity contribution in [2.75, 3.05) is 19.8 Å². The van der Waals surface area contributed by atoms with Crippen molar-refractivity contribution in [3.05, 3.63) is 0 Å². The molecular weight excluding hydrogens is 443 g/mol. The van der Waals surface area contributed by atoms with E-state index in [1.165, 1.54) is 19.3 Å². The van der Waals surface area contributed by atoms with E-state index in [0.29, 0.717) is 6.42 Å². The van der Waals surface area contributed by atoms with E-state index < -0.39 is 30.8 Å². The summed E-state index contributed by atoms with van der Waals surface area (Å²) in [5, 5.41) is 6.65. The zero-order chi connectivity index (χ0) is 23.6. The SMILES string of the molecule is CCOC(=O)C1C(P(=O)(OCC)OCC)C(=O)C2(C)CC(C34CC5CC(CC(C5)C3)C4)=NN12. The number of hydrazone groups is 1. The number of Topliss-reactive ketones (excluding diaryl/α,β-unsaturated/α-hetero) is 1. The number of nitrogens with zero attached hydrogens (tertiary/aromatic N) is 2. The third-order valence-electron chi connectivity index (χ3n) is 8.75. The fourth-order valence-corrected chi connectivity index (χ4v) is 10.2. The van der Waals surface area contributed by atoms with Gasteiger partial charge in [0, 0.05) is 17.5 Å². The number of carbonyl (C=O) groups excluding carboxylic acids is 2. The summed E-state index contributed by atoms with van der Waals surface area (Å²) in [6.07, 6.45) is 7.87. The molecule has 9 heteroatoms. The Kier molecular flexibility index (Phi) is 5.81. The molecule has 4 aliphatic carbocycles. The molecule has 2 heterocycles. The lowest BCUT2D eigenvalue weighted by atomic mass is 9.48. The molecule has 3 unspecified atom stereocenters. The van der Waals surface area contributed by atoms with Crippen LogP contribution in [0.2, 0.25) is 0 Å². The predicted octanol–water partition coefficient (Wildman–Crippen LogP) is 4.17. The molecule has 2 aliphatic heterocycles. The van der Waals surface area contributed by atoms with Gasteiger partial charge in [-0.2, -0.15) is 5.10 Å². The van der Waals surface area contributed by atoms with Gasteiger partial charge >= 0.3 is 13.6 Å². The molecular formula is C24H37N2O6P. The summed E-state index contributed by atoms with van der Waals surface area (Å²) in [5.41, 5.74) is -1.17. The molecule has 0 radical (unpaired) electrons. The van der Waals surface area contributed by atoms with Gasteiger partial charge in [0.2, 0.25) is 0 Å². The van der Waals surface area contributed by atoms with Crippen molar-refractivity contribution in [2.45, 2.75) is 89.9 Å². The first-order chi connectivity index (χ1) is 15.7. The van der Waals surface area contributed by atoms with Gasteiger partial charge in [-0.25, -0.2) is 4.79 Å². The maximum absolute atomic E-state index is 13.9. The van der Waals surface area contributed by atoms with E-state index in [4.69, 9.17) is 18.9 Å². The first kappa shape index (κ1) is 23.5. The Morgan fingerprint density at radius 3 is 2.06 bits per heavy atom. The molecule has 5 fully saturated rings. The van der Waals surface area contributed by atoms with Crippen LogP contribution in [0.1, 0.15) is 72.6 Å². The Morgan fingerprint density at radius 1 is 1.03 bits per heavy atom. The van der Waals surface area contributed by atoms with Crippen LogP contribution in [0.15, 0.2) is 5.10 Å². The van der Waals surface area contributed by atoms with Crippen molar-refractivity contribution < 1.29 is 27.9 Å². The number of esters is 1. The first-order valence-corrected chi connectivity index (χ1v) is 14.3. The summed E-state index contributed by atoms with van der Waals surface area (Å²) in [6.45, 7) is 7.37. The second-order valence-corrected chi connectivity index (χ2v) is 13.1. The average molecular weight is 481 g/mol. The molecule has 33 heavy (non-hydrogen) atoms. The molecule has 0 aromatic carbocycles. The van der Waals surface area contributed by atoms with Gasteiger partial charge in [-0.15, -0.1) is 0 Å². The summed E-state index contributed by atoms with van der Waals surface area (Å²) in [6, 6.07) is -1.10. The van der Waals surface area contributed by atoms with E-state index in [1.807, 2.05) is 6.92 Å². The molecule has 0 spiro atoms. The van der Waals surface area contributed by atoms with E-state index >= 15 is 0 Å². The van der Waals surface area contributed by atoms with Crippen LogP contribution in [0.3, 0.4) is 0 Å². The number of ketones is 1. The summed E-state index contributed by atoms with van der Waals surface area (Å²) >= 11 is 0. The van der Waals surface area contributed by atoms with E-state index in [1.54, 1.807) is 25.8 Å². The van der Waals surface area contributed by atoms with Gasteiger partial charge in [0.15, 0.2) is 17.5 Å². The van der Waals surface area contributed by atoms with Crippen molar-refractivity contribution in [3.8, 4) is 0 Å². The Morgan fingerprint density at radius 2 is 1.58 bits per heavy atom. The lowest BCUT2D eigenvalue weighted by Gasteiger charge is -2.56. The highest BCUT2D eigenvalue weighted by Gasteiger charge is 2.69. The van der Waals surface area contributed by atoms with Crippen LogP contribution >= 0.6 is 7.60 Å². The Labute approximate surface area is 196 Å². The van der Waals surface area contributed by atoms with E-state index in [2.05, 4.69) is 0 Å². The maximum Gasteiger partial charge on any atom is 0.343 e. The third kappa shape index (κ3) is 3.46. The molecule has 0 aromatic rings. The number of ether oxygens (including phenoxy) is 1. The zero-order valence-electron chi connectivity index (χ0n) is 20.2. The van der Waals surface area contributed by atoms with Crippen LogP contribution in [-0.2, 0) is 27.9 Å². The molecule has 0 amide bonds. The van der Waals surface area contributed by atoms with Crippen molar-refractivity contribution in [2.24, 2.45) is 28.3 Å². The molecule has 4 bridgehead atoms. The van der Waals surface area contributed by atoms with Gasteiger partial charge in [0.05, 0.1) is 19.8 Å². The quantitative estimate of drug-likeness (QED) is 0.380. The fourth-order valence-electron chi connectivity index (χ4n) is 7.94. The van der Waals surface area contributed by atoms with Gasteiger partial charge in [-0.1, -0.05) is 0 Å². The van der Waals surface area contributed by atoms with Crippen molar-refractivity contribution in [3.63, 3.8) is 0 Å². The van der Waals surface area contributed by atoms with Gasteiger partial charge in [0.25, 0.3) is 0 Å². The van der Waals surface area contributed by atoms with Crippen molar-refractivity contribution >= 4 is 25.1 Å². The lowest BCUT2D eigenvalue weighted by molar-refractivity contribution is -0.149. The van der Waals surface area contributed by atoms with Gasteiger partial charge in [-0.05, 0) is 84.0 Å². The number of hydrogen-bond donors (Lipinski definition) is 0. The highest BCUT2D eigenvalue weighted by Crippen LogP contribution is 2.64. The molecule has 1 saturated heterocycles. The summed E-state index contributed by atoms with van der Waals surface area (Å²) in [7, 11) is -3.89. The monoisotopic (exact) mass is 480 g/mol. The highest BCUT2D eigenvalue weighted by molar-refractivity contribution is 7.56. The minimum absolute atomic E-state index is 0.0423. The standard InChI is InChI=1S/C24H37N2O6P/c1-5-30-22(28)19-20(33(29,31-6-2)32-7-3)21(27)23(4)14-18(25-26(19)23)24-11-15-8-16(12-24)10-17(9-15)13-24/h15-17,19-20H,5-14H2,1-4H3. The number of carbonyl (C=O) groups is 2. The molecule has 184 valence electrons. The minimum Gasteiger partial charge on any atom is -0.464 e. The normalized spacial score (nSPS) is 41.5. The molecule has 0 aromatic heterocycles. The molecule has 6 rings (SSSR count). The van der Waals surface area contributed by atoms with Crippen molar-refractivity contribution in [1.29, 1.82) is 0 Å². The molecule has 8 nitrogen and oxygen atoms in total. The van der Waals surface area contributed by atoms with Crippen LogP contribution in [0.5, 0.6) is 0 Å². The van der Waals surface area contributed by atoms with Crippen LogP contribution in [-0.4, -0.2) is 59.5 Å². The molecule has 3 atom stereocenters. The fraction of sp³-hybridized carbons (Fsp3) is 0.875. The Balaban J connectivity index is 1.54. The van der Waals surface area contributed by atoms with Crippen LogP contribution in [0, 0.1) is 23.2 Å². The van der Waals surface area contributed by atoms with Crippen LogP contribution in [0.4, 0.5) is 0 Å². The van der Waals surface area contributed by atoms with E-state index in [-0.39, 0.29) is 31.0 Å². The van der Waals surface area contributed by atoms with Crippen molar-refractivity contribution in [1.82, 2.24) is 5.01 Å². The largest absolute Gasteiger partial charge is 0.464 e. The predicted molar refractivity (Wildman–Crippen MR) is 123 cm³/mol. The number of rotatable bonds is 8. The summed E-state index contributed by atoms with van der Waals surface area (Å²) in [4.78, 5) is 27.1. The van der Waals surface area contributed by atoms with E-state index in [0.717, 1.165) is 42.7 Å². The summed E-state index contributed by atoms with van der Waals surface area (Å²) < 4.78 is 30.2. The molecule has 4 saturated carbocycles. The topological polar surface area (TPSA) is 94.5 Å². The third-order valence-corrected chi connectivity index (χ3v) is 11.2. The van der Waals surface area contributed by atoms with Gasteiger partial charge < -0.3 is 13.8 Å². The molecule has 6 aliphatic rings. The second-order valence-electron chi connectivity index (χ2n) is 10.9. The smallest absolute Gasteiger partial charge is 0.343 e. The Bertz CT molecular complexity index is 873. The van der Waals surface area contributed by atoms with Gasteiger partial charge in [0.1, 0.15) is 5.54 Å². The zero-order valence-corrected chi connectivity index (χ0v) is 21.1. The number of hydrogen-bond acceptors (Lipinski definition) is 8. The van der Waals surface area contributed by atoms with Gasteiger partial charge in [-0.3, -0.25) is 14.4 Å². The summed E-state index contributed by atoms with van der Waals surface area (Å²) in [5.74, 6) is 1.39. The average Bonchev–Trinajstić information content (AvgIpc) is 3.19. The Hall–Kier alpha value is -1.24. The highest BCUT2D eigenvalue weighted by atomic mass is 31.2. The van der Waals surface area contributed by atoms with E-state index in [9.17, 15) is 14.2 Å². The van der Waals surface area contributed by atoms with Crippen LogP contribution < -0.4 is 0 Å². The minimum atomic E-state index is -3.89. The molecule has 0 N–H and O–H groups in total. The lowest BCUT2D eigenvalue weighted by Crippen LogP contribution is -2.51.